The largest absolute Gasteiger partial charge is 0.493 e. The first-order valence-corrected chi connectivity index (χ1v) is 8.51. The third kappa shape index (κ3) is 3.38. The molecule has 2 aliphatic heterocycles. The molecule has 0 bridgehead atoms. The quantitative estimate of drug-likeness (QED) is 0.913. The summed E-state index contributed by atoms with van der Waals surface area (Å²) in [6.45, 7) is 3.45. The number of hydrogen-bond donors (Lipinski definition) is 1. The van der Waals surface area contributed by atoms with Crippen LogP contribution in [0.3, 0.4) is 0 Å². The second-order valence-electron chi connectivity index (χ2n) is 6.30. The summed E-state index contributed by atoms with van der Waals surface area (Å²) in [6.07, 6.45) is 0.884. The molecule has 2 aromatic carbocycles. The lowest BCUT2D eigenvalue weighted by molar-refractivity contribution is 0.208. The Balaban J connectivity index is 1.34. The second-order valence-corrected chi connectivity index (χ2v) is 6.30. The van der Waals surface area contributed by atoms with Crippen molar-refractivity contribution in [3.05, 3.63) is 53.8 Å². The zero-order chi connectivity index (χ0) is 17.2. The van der Waals surface area contributed by atoms with E-state index in [0.717, 1.165) is 42.2 Å². The number of halogens is 1. The molecule has 0 spiro atoms. The number of benzene rings is 2. The summed E-state index contributed by atoms with van der Waals surface area (Å²) in [5, 5.41) is 2.97. The fourth-order valence-corrected chi connectivity index (χ4v) is 3.29. The summed E-state index contributed by atoms with van der Waals surface area (Å²) in [5.74, 6) is 0.674. The van der Waals surface area contributed by atoms with Gasteiger partial charge in [0.25, 0.3) is 0 Å². The molecule has 0 unspecified atom stereocenters. The summed E-state index contributed by atoms with van der Waals surface area (Å²) in [7, 11) is 0. The van der Waals surface area contributed by atoms with Crippen LogP contribution in [-0.2, 0) is 6.42 Å². The predicted molar refractivity (Wildman–Crippen MR) is 94.8 cm³/mol. The first kappa shape index (κ1) is 15.7. The number of rotatable bonds is 2. The van der Waals surface area contributed by atoms with Crippen LogP contribution in [0.4, 0.5) is 20.6 Å². The maximum absolute atomic E-state index is 13.0. The van der Waals surface area contributed by atoms with Gasteiger partial charge in [0.2, 0.25) is 0 Å². The van der Waals surface area contributed by atoms with Crippen LogP contribution in [0.5, 0.6) is 5.75 Å². The van der Waals surface area contributed by atoms with E-state index in [1.54, 1.807) is 12.1 Å². The van der Waals surface area contributed by atoms with Gasteiger partial charge in [-0.1, -0.05) is 0 Å². The van der Waals surface area contributed by atoms with Crippen LogP contribution in [0.2, 0.25) is 0 Å². The van der Waals surface area contributed by atoms with Crippen LogP contribution in [0.25, 0.3) is 0 Å². The number of nitrogens with one attached hydrogen (secondary N) is 1. The van der Waals surface area contributed by atoms with Gasteiger partial charge in [0.15, 0.2) is 0 Å². The van der Waals surface area contributed by atoms with Crippen molar-refractivity contribution in [2.45, 2.75) is 6.42 Å². The molecule has 1 N–H and O–H groups in total. The Kier molecular flexibility index (Phi) is 4.17. The first-order chi connectivity index (χ1) is 12.2. The second kappa shape index (κ2) is 6.63. The molecule has 5 nitrogen and oxygen atoms in total. The summed E-state index contributed by atoms with van der Waals surface area (Å²) >= 11 is 0. The number of carbonyl (C=O) groups is 1. The Morgan fingerprint density at radius 3 is 2.56 bits per heavy atom. The number of ether oxygens (including phenoxy) is 1. The highest BCUT2D eigenvalue weighted by atomic mass is 19.1. The van der Waals surface area contributed by atoms with Gasteiger partial charge >= 0.3 is 6.03 Å². The van der Waals surface area contributed by atoms with Crippen molar-refractivity contribution >= 4 is 17.4 Å². The van der Waals surface area contributed by atoms with Crippen LogP contribution in [0.15, 0.2) is 42.5 Å². The average molecular weight is 341 g/mol. The molecule has 6 heteroatoms. The van der Waals surface area contributed by atoms with Gasteiger partial charge in [0.05, 0.1) is 6.61 Å². The van der Waals surface area contributed by atoms with E-state index in [-0.39, 0.29) is 11.8 Å². The van der Waals surface area contributed by atoms with E-state index < -0.39 is 0 Å². The van der Waals surface area contributed by atoms with Gasteiger partial charge in [0, 0.05) is 44.0 Å². The van der Waals surface area contributed by atoms with Crippen molar-refractivity contribution in [3.63, 3.8) is 0 Å². The minimum Gasteiger partial charge on any atom is -0.493 e. The number of fused-ring (bicyclic) bond motifs is 1. The van der Waals surface area contributed by atoms with E-state index in [4.69, 9.17) is 4.74 Å². The Labute approximate surface area is 146 Å². The van der Waals surface area contributed by atoms with E-state index in [1.165, 1.54) is 12.1 Å². The van der Waals surface area contributed by atoms with Gasteiger partial charge in [-0.25, -0.2) is 9.18 Å². The third-order valence-corrected chi connectivity index (χ3v) is 4.70. The molecular formula is C19H20FN3O2. The highest BCUT2D eigenvalue weighted by molar-refractivity contribution is 5.89. The Morgan fingerprint density at radius 2 is 1.80 bits per heavy atom. The SMILES string of the molecule is O=C(Nc1ccc2c(c1)CCO2)N1CCN(c2ccc(F)cc2)CC1. The van der Waals surface area contributed by atoms with Crippen molar-refractivity contribution in [3.8, 4) is 5.75 Å². The topological polar surface area (TPSA) is 44.8 Å². The minimum atomic E-state index is -0.235. The van der Waals surface area contributed by atoms with E-state index in [1.807, 2.05) is 23.1 Å². The van der Waals surface area contributed by atoms with Gasteiger partial charge in [-0.2, -0.15) is 0 Å². The van der Waals surface area contributed by atoms with Crippen molar-refractivity contribution in [2.75, 3.05) is 43.0 Å². The Bertz CT molecular complexity index is 771. The number of urea groups is 1. The molecule has 1 saturated heterocycles. The molecular weight excluding hydrogens is 321 g/mol. The maximum atomic E-state index is 13.0. The van der Waals surface area contributed by atoms with Crippen LogP contribution < -0.4 is 15.0 Å². The molecule has 1 fully saturated rings. The molecule has 0 atom stereocenters. The Morgan fingerprint density at radius 1 is 1.04 bits per heavy atom. The number of anilines is 2. The summed E-state index contributed by atoms with van der Waals surface area (Å²) in [4.78, 5) is 16.4. The number of carbonyl (C=O) groups excluding carboxylic acids is 1. The number of nitrogens with zero attached hydrogens (tertiary/aromatic N) is 2. The van der Waals surface area contributed by atoms with Crippen LogP contribution >= 0.6 is 0 Å². The Hall–Kier alpha value is -2.76. The highest BCUT2D eigenvalue weighted by Gasteiger charge is 2.22. The number of hydrogen-bond acceptors (Lipinski definition) is 3. The van der Waals surface area contributed by atoms with Crippen LogP contribution in [0, 0.1) is 5.82 Å². The molecule has 0 radical (unpaired) electrons. The maximum Gasteiger partial charge on any atom is 0.321 e. The molecule has 0 aliphatic carbocycles. The average Bonchev–Trinajstić information content (AvgIpc) is 3.10. The molecule has 2 heterocycles. The monoisotopic (exact) mass is 341 g/mol. The summed E-state index contributed by atoms with van der Waals surface area (Å²) < 4.78 is 18.5. The zero-order valence-electron chi connectivity index (χ0n) is 13.9. The smallest absolute Gasteiger partial charge is 0.321 e. The molecule has 25 heavy (non-hydrogen) atoms. The van der Waals surface area contributed by atoms with Gasteiger partial charge in [-0.3, -0.25) is 0 Å². The number of amides is 2. The molecule has 2 amide bonds. The number of piperazine rings is 1. The summed E-state index contributed by atoms with van der Waals surface area (Å²) in [5.41, 5.74) is 2.93. The van der Waals surface area contributed by atoms with Gasteiger partial charge in [-0.15, -0.1) is 0 Å². The fraction of sp³-hybridized carbons (Fsp3) is 0.316. The molecule has 0 saturated carbocycles. The molecule has 130 valence electrons. The summed E-state index contributed by atoms with van der Waals surface area (Å²) in [6, 6.07) is 12.2. The molecule has 2 aliphatic rings. The van der Waals surface area contributed by atoms with Gasteiger partial charge < -0.3 is 19.9 Å². The minimum absolute atomic E-state index is 0.0855. The lowest BCUT2D eigenvalue weighted by Crippen LogP contribution is -2.50. The zero-order valence-corrected chi connectivity index (χ0v) is 13.9. The van der Waals surface area contributed by atoms with Gasteiger partial charge in [-0.05, 0) is 48.0 Å². The fourth-order valence-electron chi connectivity index (χ4n) is 3.29. The van der Waals surface area contributed by atoms with E-state index >= 15 is 0 Å². The van der Waals surface area contributed by atoms with Crippen LogP contribution in [0.1, 0.15) is 5.56 Å². The standard InChI is InChI=1S/C19H20FN3O2/c20-15-1-4-17(5-2-15)22-8-10-23(11-9-22)19(24)21-16-3-6-18-14(13-16)7-12-25-18/h1-6,13H,7-12H2,(H,21,24). The highest BCUT2D eigenvalue weighted by Crippen LogP contribution is 2.28. The van der Waals surface area contributed by atoms with Crippen LogP contribution in [-0.4, -0.2) is 43.7 Å². The van der Waals surface area contributed by atoms with Crippen molar-refractivity contribution in [2.24, 2.45) is 0 Å². The predicted octanol–water partition coefficient (Wildman–Crippen LogP) is 3.11. The first-order valence-electron chi connectivity index (χ1n) is 8.51. The van der Waals surface area contributed by atoms with Crippen molar-refractivity contribution < 1.29 is 13.9 Å². The third-order valence-electron chi connectivity index (χ3n) is 4.70. The lowest BCUT2D eigenvalue weighted by atomic mass is 10.1. The molecule has 4 rings (SSSR count). The van der Waals surface area contributed by atoms with Gasteiger partial charge in [0.1, 0.15) is 11.6 Å². The molecule has 0 aromatic heterocycles. The van der Waals surface area contributed by atoms with E-state index in [0.29, 0.717) is 19.7 Å². The van der Waals surface area contributed by atoms with E-state index in [2.05, 4.69) is 10.2 Å². The van der Waals surface area contributed by atoms with E-state index in [9.17, 15) is 9.18 Å². The lowest BCUT2D eigenvalue weighted by Gasteiger charge is -2.36. The normalized spacial score (nSPS) is 16.4. The molecule has 2 aromatic rings. The van der Waals surface area contributed by atoms with Crippen molar-refractivity contribution in [1.29, 1.82) is 0 Å². The van der Waals surface area contributed by atoms with Crippen molar-refractivity contribution in [1.82, 2.24) is 4.90 Å².